The van der Waals surface area contributed by atoms with Crippen molar-refractivity contribution in [1.82, 2.24) is 0 Å². The normalized spacial score (nSPS) is 15.6. The van der Waals surface area contributed by atoms with E-state index in [-0.39, 0.29) is 4.90 Å². The molecule has 1 rings (SSSR count). The molecule has 1 atom stereocenters. The van der Waals surface area contributed by atoms with Crippen molar-refractivity contribution in [3.8, 4) is 0 Å². The molecule has 0 saturated heterocycles. The number of hydrogen-bond donors (Lipinski definition) is 1. The zero-order valence-electron chi connectivity index (χ0n) is 6.28. The van der Waals surface area contributed by atoms with Gasteiger partial charge in [0, 0.05) is 16.2 Å². The Morgan fingerprint density at radius 1 is 1.58 bits per heavy atom. The summed E-state index contributed by atoms with van der Waals surface area (Å²) in [5, 5.41) is 0.567. The van der Waals surface area contributed by atoms with E-state index in [0.717, 1.165) is 5.56 Å². The zero-order valence-corrected chi connectivity index (χ0v) is 8.67. The molecule has 0 spiro atoms. The van der Waals surface area contributed by atoms with E-state index in [9.17, 15) is 4.21 Å². The molecule has 0 aromatic heterocycles. The molecule has 0 aliphatic rings. The Labute approximate surface area is 81.1 Å². The highest BCUT2D eigenvalue weighted by Crippen LogP contribution is 2.19. The van der Waals surface area contributed by atoms with E-state index < -0.39 is 8.77 Å². The molecule has 12 heavy (non-hydrogen) atoms. The first-order valence-electron chi connectivity index (χ1n) is 3.15. The third-order valence-electron chi connectivity index (χ3n) is 1.43. The van der Waals surface area contributed by atoms with Crippen LogP contribution in [-0.4, -0.2) is 8.76 Å². The molecule has 1 aromatic rings. The van der Waals surface area contributed by atoms with Crippen LogP contribution < -0.4 is 0 Å². The Bertz CT molecular complexity index is 398. The number of hydrogen-bond acceptors (Lipinski definition) is 2. The van der Waals surface area contributed by atoms with Crippen LogP contribution in [0.15, 0.2) is 23.1 Å². The quantitative estimate of drug-likeness (QED) is 0.792. The van der Waals surface area contributed by atoms with Crippen molar-refractivity contribution >= 4 is 31.6 Å². The molecular formula is C7H7ClO2S2. The lowest BCUT2D eigenvalue weighted by molar-refractivity contribution is 0.561. The third kappa shape index (κ3) is 2.17. The van der Waals surface area contributed by atoms with Crippen molar-refractivity contribution in [3.63, 3.8) is 0 Å². The smallest absolute Gasteiger partial charge is 0.171 e. The number of benzene rings is 1. The third-order valence-corrected chi connectivity index (χ3v) is 3.28. The maximum atomic E-state index is 11.0. The van der Waals surface area contributed by atoms with Crippen molar-refractivity contribution in [1.29, 1.82) is 0 Å². The van der Waals surface area contributed by atoms with Crippen LogP contribution in [0.25, 0.3) is 0 Å². The highest BCUT2D eigenvalue weighted by Gasteiger charge is 2.06. The summed E-state index contributed by atoms with van der Waals surface area (Å²) in [6.07, 6.45) is 0. The second kappa shape index (κ2) is 3.30. The van der Waals surface area contributed by atoms with E-state index in [4.69, 9.17) is 16.2 Å². The molecule has 2 nitrogen and oxygen atoms in total. The molecule has 0 aliphatic carbocycles. The number of rotatable bonds is 1. The minimum absolute atomic E-state index is 0.236. The molecule has 1 unspecified atom stereocenters. The number of aryl methyl sites for hydroxylation is 1. The minimum Gasteiger partial charge on any atom is -0.302 e. The summed E-state index contributed by atoms with van der Waals surface area (Å²) in [5.74, 6) is 0. The highest BCUT2D eigenvalue weighted by atomic mass is 35.5. The second-order valence-electron chi connectivity index (χ2n) is 2.39. The van der Waals surface area contributed by atoms with Gasteiger partial charge >= 0.3 is 0 Å². The van der Waals surface area contributed by atoms with Crippen molar-refractivity contribution in [2.45, 2.75) is 11.8 Å². The second-order valence-corrected chi connectivity index (χ2v) is 5.57. The summed E-state index contributed by atoms with van der Waals surface area (Å²) in [6.45, 7) is 1.76. The molecular weight excluding hydrogens is 216 g/mol. The van der Waals surface area contributed by atoms with E-state index in [1.54, 1.807) is 13.0 Å². The van der Waals surface area contributed by atoms with Gasteiger partial charge < -0.3 is 4.55 Å². The van der Waals surface area contributed by atoms with Crippen LogP contribution in [-0.2, 0) is 20.0 Å². The highest BCUT2D eigenvalue weighted by molar-refractivity contribution is 8.29. The maximum Gasteiger partial charge on any atom is 0.171 e. The van der Waals surface area contributed by atoms with Gasteiger partial charge in [-0.15, -0.1) is 0 Å². The van der Waals surface area contributed by atoms with Gasteiger partial charge in [0.1, 0.15) is 0 Å². The Kier molecular flexibility index (Phi) is 2.73. The van der Waals surface area contributed by atoms with Crippen LogP contribution >= 0.6 is 11.6 Å². The molecule has 5 heteroatoms. The van der Waals surface area contributed by atoms with E-state index >= 15 is 0 Å². The van der Waals surface area contributed by atoms with E-state index in [0.29, 0.717) is 5.02 Å². The molecule has 0 aliphatic heterocycles. The molecule has 0 heterocycles. The Morgan fingerprint density at radius 3 is 2.58 bits per heavy atom. The topological polar surface area (TPSA) is 37.3 Å². The first kappa shape index (κ1) is 9.92. The first-order valence-corrected chi connectivity index (χ1v) is 5.97. The molecule has 0 saturated carbocycles. The van der Waals surface area contributed by atoms with Crippen LogP contribution in [0.2, 0.25) is 5.02 Å². The van der Waals surface area contributed by atoms with Crippen LogP contribution in [0.3, 0.4) is 0 Å². The van der Waals surface area contributed by atoms with Crippen LogP contribution in [0, 0.1) is 6.92 Å². The Hall–Kier alpha value is -0.160. The largest absolute Gasteiger partial charge is 0.302 e. The summed E-state index contributed by atoms with van der Waals surface area (Å²) in [7, 11) is -3.27. The molecule has 1 aromatic carbocycles. The average Bonchev–Trinajstić information content (AvgIpc) is 1.92. The lowest BCUT2D eigenvalue weighted by atomic mass is 10.2. The van der Waals surface area contributed by atoms with Crippen molar-refractivity contribution in [3.05, 3.63) is 28.8 Å². The van der Waals surface area contributed by atoms with Crippen molar-refractivity contribution in [2.24, 2.45) is 0 Å². The van der Waals surface area contributed by atoms with E-state index in [1.165, 1.54) is 12.1 Å². The van der Waals surface area contributed by atoms with Gasteiger partial charge in [0.25, 0.3) is 0 Å². The van der Waals surface area contributed by atoms with Gasteiger partial charge in [0.05, 0.1) is 4.90 Å². The zero-order chi connectivity index (χ0) is 9.35. The van der Waals surface area contributed by atoms with E-state index in [1.807, 2.05) is 0 Å². The summed E-state index contributed by atoms with van der Waals surface area (Å²) in [5.41, 5.74) is 0.751. The summed E-state index contributed by atoms with van der Waals surface area (Å²) in [6, 6.07) is 4.55. The SMILES string of the molecule is Cc1cc(S(=O)(O)=S)ccc1Cl. The first-order chi connectivity index (χ1) is 5.41. The lowest BCUT2D eigenvalue weighted by Gasteiger charge is -2.01. The van der Waals surface area contributed by atoms with E-state index in [2.05, 4.69) is 11.2 Å². The summed E-state index contributed by atoms with van der Waals surface area (Å²) < 4.78 is 20.0. The molecule has 0 amide bonds. The van der Waals surface area contributed by atoms with Gasteiger partial charge in [-0.3, -0.25) is 0 Å². The number of halogens is 1. The van der Waals surface area contributed by atoms with Gasteiger partial charge in [-0.2, -0.15) is 0 Å². The minimum atomic E-state index is -3.27. The van der Waals surface area contributed by atoms with Crippen molar-refractivity contribution in [2.75, 3.05) is 0 Å². The fraction of sp³-hybridized carbons (Fsp3) is 0.143. The van der Waals surface area contributed by atoms with Gasteiger partial charge in [-0.05, 0) is 30.7 Å². The molecule has 0 radical (unpaired) electrons. The van der Waals surface area contributed by atoms with Crippen LogP contribution in [0.4, 0.5) is 0 Å². The van der Waals surface area contributed by atoms with Gasteiger partial charge in [0.2, 0.25) is 0 Å². The monoisotopic (exact) mass is 222 g/mol. The average molecular weight is 223 g/mol. The lowest BCUT2D eigenvalue weighted by Crippen LogP contribution is -1.96. The molecule has 1 N–H and O–H groups in total. The standard InChI is InChI=1S/C7H7ClO2S2/c1-5-4-6(12(9,10)11)2-3-7(5)8/h2-4H,1H3,(H,9,10,11). The molecule has 0 fully saturated rings. The summed E-state index contributed by atoms with van der Waals surface area (Å²) >= 11 is 10.1. The molecule has 66 valence electrons. The Balaban J connectivity index is 3.33. The van der Waals surface area contributed by atoms with Crippen molar-refractivity contribution < 1.29 is 8.76 Å². The predicted molar refractivity (Wildman–Crippen MR) is 52.6 cm³/mol. The fourth-order valence-corrected chi connectivity index (χ4v) is 1.77. The van der Waals surface area contributed by atoms with Crippen LogP contribution in [0.1, 0.15) is 5.56 Å². The maximum absolute atomic E-state index is 11.0. The Morgan fingerprint density at radius 2 is 2.17 bits per heavy atom. The van der Waals surface area contributed by atoms with Gasteiger partial charge in [-0.25, -0.2) is 4.21 Å². The molecule has 0 bridgehead atoms. The predicted octanol–water partition coefficient (Wildman–Crippen LogP) is 2.23. The summed E-state index contributed by atoms with van der Waals surface area (Å²) in [4.78, 5) is 0.236. The van der Waals surface area contributed by atoms with Gasteiger partial charge in [0.15, 0.2) is 8.77 Å². The van der Waals surface area contributed by atoms with Gasteiger partial charge in [-0.1, -0.05) is 11.6 Å². The van der Waals surface area contributed by atoms with Crippen LogP contribution in [0.5, 0.6) is 0 Å². The fourth-order valence-electron chi connectivity index (χ4n) is 0.778.